The molecule has 23 heavy (non-hydrogen) atoms. The van der Waals surface area contributed by atoms with E-state index >= 15 is 0 Å². The molecule has 0 fully saturated rings. The molecule has 0 radical (unpaired) electrons. The maximum absolute atomic E-state index is 11.9. The molecule has 120 valence electrons. The van der Waals surface area contributed by atoms with Crippen molar-refractivity contribution in [3.8, 4) is 5.75 Å². The fourth-order valence-corrected chi connectivity index (χ4v) is 2.17. The van der Waals surface area contributed by atoms with Crippen molar-refractivity contribution in [3.05, 3.63) is 64.1 Å². The van der Waals surface area contributed by atoms with Crippen LogP contribution in [0.15, 0.2) is 48.5 Å². The number of halogens is 2. The van der Waals surface area contributed by atoms with Gasteiger partial charge in [-0.1, -0.05) is 29.3 Å². The Labute approximate surface area is 145 Å². The summed E-state index contributed by atoms with van der Waals surface area (Å²) in [5.41, 5.74) is 1.50. The topological polar surface area (TPSA) is 38.3 Å². The Morgan fingerprint density at radius 2 is 1.78 bits per heavy atom. The van der Waals surface area contributed by atoms with E-state index in [0.29, 0.717) is 15.7 Å². The van der Waals surface area contributed by atoms with Crippen LogP contribution >= 0.6 is 23.2 Å². The molecule has 0 saturated heterocycles. The molecule has 0 aliphatic rings. The molecule has 2 aromatic rings. The van der Waals surface area contributed by atoms with Crippen molar-refractivity contribution in [2.45, 2.75) is 20.0 Å². The molecule has 1 amide bonds. The Morgan fingerprint density at radius 1 is 1.09 bits per heavy atom. The van der Waals surface area contributed by atoms with Crippen LogP contribution in [0.2, 0.25) is 10.0 Å². The van der Waals surface area contributed by atoms with E-state index < -0.39 is 0 Å². The molecule has 0 spiro atoms. The molecule has 0 heterocycles. The van der Waals surface area contributed by atoms with Gasteiger partial charge in [0.05, 0.1) is 16.1 Å². The number of carbonyl (C=O) groups is 1. The molecule has 5 heteroatoms. The number of nitrogens with one attached hydrogen (secondary N) is 1. The Morgan fingerprint density at radius 3 is 2.39 bits per heavy atom. The number of ether oxygens (including phenoxy) is 1. The number of carbonyl (C=O) groups excluding carboxylic acids is 1. The van der Waals surface area contributed by atoms with E-state index in [4.69, 9.17) is 27.9 Å². The van der Waals surface area contributed by atoms with Crippen LogP contribution in [0.1, 0.15) is 19.4 Å². The first kappa shape index (κ1) is 17.4. The smallest absolute Gasteiger partial charge is 0.248 e. The van der Waals surface area contributed by atoms with E-state index in [2.05, 4.69) is 5.32 Å². The third-order valence-electron chi connectivity index (χ3n) is 2.86. The number of benzene rings is 2. The van der Waals surface area contributed by atoms with Gasteiger partial charge < -0.3 is 10.1 Å². The predicted molar refractivity (Wildman–Crippen MR) is 96.3 cm³/mol. The minimum absolute atomic E-state index is 0.115. The molecule has 0 unspecified atom stereocenters. The molecule has 3 nitrogen and oxygen atoms in total. The second-order valence-corrected chi connectivity index (χ2v) is 6.00. The van der Waals surface area contributed by atoms with E-state index in [1.165, 1.54) is 6.08 Å². The lowest BCUT2D eigenvalue weighted by molar-refractivity contribution is -0.111. The maximum Gasteiger partial charge on any atom is 0.248 e. The first-order valence-electron chi connectivity index (χ1n) is 7.15. The highest BCUT2D eigenvalue weighted by molar-refractivity contribution is 6.42. The zero-order valence-electron chi connectivity index (χ0n) is 12.8. The third kappa shape index (κ3) is 5.62. The van der Waals surface area contributed by atoms with Crippen LogP contribution in [-0.2, 0) is 4.79 Å². The molecule has 0 atom stereocenters. The van der Waals surface area contributed by atoms with Crippen LogP contribution < -0.4 is 10.1 Å². The van der Waals surface area contributed by atoms with Crippen molar-refractivity contribution < 1.29 is 9.53 Å². The minimum atomic E-state index is -0.228. The van der Waals surface area contributed by atoms with E-state index in [9.17, 15) is 4.79 Å². The summed E-state index contributed by atoms with van der Waals surface area (Å²) in [5.74, 6) is 0.540. The van der Waals surface area contributed by atoms with Gasteiger partial charge in [0.15, 0.2) is 0 Å². The number of amides is 1. The summed E-state index contributed by atoms with van der Waals surface area (Å²) in [4.78, 5) is 11.9. The van der Waals surface area contributed by atoms with Crippen molar-refractivity contribution >= 4 is 40.9 Å². The fourth-order valence-electron chi connectivity index (χ4n) is 1.86. The summed E-state index contributed by atoms with van der Waals surface area (Å²) < 4.78 is 5.55. The number of hydrogen-bond donors (Lipinski definition) is 1. The van der Waals surface area contributed by atoms with Crippen LogP contribution in [-0.4, -0.2) is 12.0 Å². The van der Waals surface area contributed by atoms with Crippen molar-refractivity contribution in [2.24, 2.45) is 0 Å². The third-order valence-corrected chi connectivity index (χ3v) is 3.60. The molecule has 0 aromatic heterocycles. The fraction of sp³-hybridized carbons (Fsp3) is 0.167. The molecule has 2 aromatic carbocycles. The van der Waals surface area contributed by atoms with Crippen molar-refractivity contribution in [1.82, 2.24) is 0 Å². The summed E-state index contributed by atoms with van der Waals surface area (Å²) in [6, 6.07) is 12.4. The lowest BCUT2D eigenvalue weighted by Crippen LogP contribution is -2.08. The average Bonchev–Trinajstić information content (AvgIpc) is 2.50. The molecule has 0 aliphatic carbocycles. The molecule has 1 N–H and O–H groups in total. The normalized spacial score (nSPS) is 11.0. The Bertz CT molecular complexity index is 709. The van der Waals surface area contributed by atoms with Gasteiger partial charge in [-0.15, -0.1) is 0 Å². The number of hydrogen-bond acceptors (Lipinski definition) is 2. The molecule has 0 bridgehead atoms. The quantitative estimate of drug-likeness (QED) is 0.730. The van der Waals surface area contributed by atoms with E-state index in [1.807, 2.05) is 26.0 Å². The lowest BCUT2D eigenvalue weighted by atomic mass is 10.2. The zero-order valence-corrected chi connectivity index (χ0v) is 14.4. The standard InChI is InChI=1S/C18H17Cl2NO2/c1-12(2)23-15-7-5-14(6-8-15)21-18(22)10-4-13-3-9-16(19)17(20)11-13/h3-12H,1-2H3,(H,21,22). The van der Waals surface area contributed by atoms with Crippen molar-refractivity contribution in [1.29, 1.82) is 0 Å². The SMILES string of the molecule is CC(C)Oc1ccc(NC(=O)C=Cc2ccc(Cl)c(Cl)c2)cc1. The van der Waals surface area contributed by atoms with Gasteiger partial charge in [0.1, 0.15) is 5.75 Å². The maximum atomic E-state index is 11.9. The summed E-state index contributed by atoms with van der Waals surface area (Å²) in [6.07, 6.45) is 3.23. The Balaban J connectivity index is 1.96. The highest BCUT2D eigenvalue weighted by Gasteiger charge is 2.01. The largest absolute Gasteiger partial charge is 0.491 e. The van der Waals surface area contributed by atoms with Crippen molar-refractivity contribution in [3.63, 3.8) is 0 Å². The first-order valence-corrected chi connectivity index (χ1v) is 7.90. The van der Waals surface area contributed by atoms with Crippen LogP contribution in [0.3, 0.4) is 0 Å². The van der Waals surface area contributed by atoms with Crippen LogP contribution in [0, 0.1) is 0 Å². The van der Waals surface area contributed by atoms with Gasteiger partial charge in [-0.05, 0) is 61.9 Å². The molecular formula is C18H17Cl2NO2. The molecule has 0 aliphatic heterocycles. The predicted octanol–water partition coefficient (Wildman–Crippen LogP) is 5.43. The number of rotatable bonds is 5. The van der Waals surface area contributed by atoms with Gasteiger partial charge >= 0.3 is 0 Å². The van der Waals surface area contributed by atoms with Crippen LogP contribution in [0.5, 0.6) is 5.75 Å². The first-order chi connectivity index (χ1) is 10.9. The van der Waals surface area contributed by atoms with Crippen molar-refractivity contribution in [2.75, 3.05) is 5.32 Å². The van der Waals surface area contributed by atoms with Crippen LogP contribution in [0.25, 0.3) is 6.08 Å². The molecule has 2 rings (SSSR count). The van der Waals surface area contributed by atoms with E-state index in [1.54, 1.807) is 36.4 Å². The summed E-state index contributed by atoms with van der Waals surface area (Å²) in [6.45, 7) is 3.92. The van der Waals surface area contributed by atoms with Gasteiger partial charge in [0, 0.05) is 11.8 Å². The van der Waals surface area contributed by atoms with Gasteiger partial charge in [0.25, 0.3) is 0 Å². The second kappa shape index (κ2) is 8.04. The lowest BCUT2D eigenvalue weighted by Gasteiger charge is -2.10. The van der Waals surface area contributed by atoms with Gasteiger partial charge in [-0.2, -0.15) is 0 Å². The molecule has 0 saturated carbocycles. The van der Waals surface area contributed by atoms with Gasteiger partial charge in [-0.25, -0.2) is 0 Å². The summed E-state index contributed by atoms with van der Waals surface area (Å²) in [5, 5.41) is 3.72. The highest BCUT2D eigenvalue weighted by Crippen LogP contribution is 2.23. The summed E-state index contributed by atoms with van der Waals surface area (Å²) in [7, 11) is 0. The molecular weight excluding hydrogens is 333 g/mol. The second-order valence-electron chi connectivity index (χ2n) is 5.19. The van der Waals surface area contributed by atoms with E-state index in [0.717, 1.165) is 11.3 Å². The van der Waals surface area contributed by atoms with Gasteiger partial charge in [0.2, 0.25) is 5.91 Å². The Kier molecular flexibility index (Phi) is 6.08. The average molecular weight is 350 g/mol. The summed E-state index contributed by atoms with van der Waals surface area (Å²) >= 11 is 11.8. The Hall–Kier alpha value is -1.97. The minimum Gasteiger partial charge on any atom is -0.491 e. The number of anilines is 1. The van der Waals surface area contributed by atoms with Crippen LogP contribution in [0.4, 0.5) is 5.69 Å². The monoisotopic (exact) mass is 349 g/mol. The zero-order chi connectivity index (χ0) is 16.8. The van der Waals surface area contributed by atoms with E-state index in [-0.39, 0.29) is 12.0 Å². The highest BCUT2D eigenvalue weighted by atomic mass is 35.5. The van der Waals surface area contributed by atoms with Gasteiger partial charge in [-0.3, -0.25) is 4.79 Å².